The van der Waals surface area contributed by atoms with Crippen molar-refractivity contribution in [2.75, 3.05) is 0 Å². The van der Waals surface area contributed by atoms with Gasteiger partial charge >= 0.3 is 0 Å². The molecular formula is C14H15N3OS. The molecule has 0 aliphatic heterocycles. The number of aryl methyl sites for hydroxylation is 1. The van der Waals surface area contributed by atoms with E-state index in [-0.39, 0.29) is 5.91 Å². The molecule has 0 saturated heterocycles. The molecule has 0 spiro atoms. The average molecular weight is 273 g/mol. The summed E-state index contributed by atoms with van der Waals surface area (Å²) >= 11 is 1.63. The molecular weight excluding hydrogens is 258 g/mol. The van der Waals surface area contributed by atoms with Crippen molar-refractivity contribution in [1.82, 2.24) is 14.9 Å². The number of aromatic nitrogens is 2. The summed E-state index contributed by atoms with van der Waals surface area (Å²) in [5.41, 5.74) is 1.69. The number of hydrogen-bond acceptors (Lipinski definition) is 4. The Hall–Kier alpha value is -1.75. The summed E-state index contributed by atoms with van der Waals surface area (Å²) in [6.45, 7) is 2.59. The lowest BCUT2D eigenvalue weighted by Gasteiger charge is -2.21. The number of carbonyl (C=O) groups excluding carboxylic acids is 1. The summed E-state index contributed by atoms with van der Waals surface area (Å²) in [4.78, 5) is 22.8. The van der Waals surface area contributed by atoms with Crippen LogP contribution in [0.15, 0.2) is 29.9 Å². The number of pyridine rings is 1. The lowest BCUT2D eigenvalue weighted by Crippen LogP contribution is -2.32. The molecule has 98 valence electrons. The quantitative estimate of drug-likeness (QED) is 0.860. The summed E-state index contributed by atoms with van der Waals surface area (Å²) in [6, 6.07) is 3.91. The fraction of sp³-hybridized carbons (Fsp3) is 0.357. The van der Waals surface area contributed by atoms with Gasteiger partial charge in [0.05, 0.1) is 17.2 Å². The fourth-order valence-electron chi connectivity index (χ4n) is 2.07. The summed E-state index contributed by atoms with van der Waals surface area (Å²) in [6.07, 6.45) is 5.51. The molecule has 1 aliphatic rings. The van der Waals surface area contributed by atoms with E-state index in [4.69, 9.17) is 0 Å². The Morgan fingerprint density at radius 1 is 1.42 bits per heavy atom. The van der Waals surface area contributed by atoms with Crippen LogP contribution < -0.4 is 0 Å². The van der Waals surface area contributed by atoms with Gasteiger partial charge in [-0.25, -0.2) is 4.98 Å². The van der Waals surface area contributed by atoms with Crippen molar-refractivity contribution < 1.29 is 4.79 Å². The Morgan fingerprint density at radius 3 is 2.74 bits per heavy atom. The number of carbonyl (C=O) groups is 1. The smallest absolute Gasteiger partial charge is 0.254 e. The molecule has 0 bridgehead atoms. The zero-order valence-corrected chi connectivity index (χ0v) is 11.6. The number of rotatable bonds is 4. The predicted molar refractivity (Wildman–Crippen MR) is 74.0 cm³/mol. The zero-order valence-electron chi connectivity index (χ0n) is 10.7. The molecule has 5 heteroatoms. The van der Waals surface area contributed by atoms with E-state index in [0.717, 1.165) is 23.5 Å². The third kappa shape index (κ3) is 2.81. The second-order valence-corrected chi connectivity index (χ2v) is 5.82. The monoisotopic (exact) mass is 273 g/mol. The highest BCUT2D eigenvalue weighted by atomic mass is 32.1. The molecule has 1 aliphatic carbocycles. The van der Waals surface area contributed by atoms with Gasteiger partial charge in [0.15, 0.2) is 0 Å². The normalized spacial score (nSPS) is 14.4. The van der Waals surface area contributed by atoms with E-state index < -0.39 is 0 Å². The van der Waals surface area contributed by atoms with E-state index in [1.54, 1.807) is 35.9 Å². The number of hydrogen-bond donors (Lipinski definition) is 0. The molecule has 1 amide bonds. The first kappa shape index (κ1) is 12.3. The highest BCUT2D eigenvalue weighted by molar-refractivity contribution is 7.09. The molecule has 1 fully saturated rings. The van der Waals surface area contributed by atoms with E-state index in [1.807, 2.05) is 17.2 Å². The van der Waals surface area contributed by atoms with E-state index in [9.17, 15) is 4.79 Å². The van der Waals surface area contributed by atoms with Crippen LogP contribution in [0.5, 0.6) is 0 Å². The van der Waals surface area contributed by atoms with Gasteiger partial charge in [0.1, 0.15) is 0 Å². The maximum absolute atomic E-state index is 12.5. The minimum Gasteiger partial charge on any atom is -0.330 e. The molecule has 2 aromatic rings. The molecule has 0 radical (unpaired) electrons. The van der Waals surface area contributed by atoms with Crippen LogP contribution in [0.25, 0.3) is 0 Å². The van der Waals surface area contributed by atoms with E-state index in [1.165, 1.54) is 0 Å². The third-order valence-corrected chi connectivity index (χ3v) is 4.00. The lowest BCUT2D eigenvalue weighted by atomic mass is 10.2. The highest BCUT2D eigenvalue weighted by Gasteiger charge is 2.33. The second kappa shape index (κ2) is 5.09. The Kier molecular flexibility index (Phi) is 3.29. The average Bonchev–Trinajstić information content (AvgIpc) is 3.20. The molecule has 0 N–H and O–H groups in total. The summed E-state index contributed by atoms with van der Waals surface area (Å²) < 4.78 is 0. The number of nitrogens with zero attached hydrogens (tertiary/aromatic N) is 3. The van der Waals surface area contributed by atoms with Crippen LogP contribution in [0, 0.1) is 6.92 Å². The van der Waals surface area contributed by atoms with Gasteiger partial charge in [0.25, 0.3) is 5.91 Å². The number of amides is 1. The Morgan fingerprint density at radius 2 is 2.16 bits per heavy atom. The molecule has 2 aromatic heterocycles. The SMILES string of the molecule is Cc1nc(CN(C(=O)c2ccncc2)C2CC2)cs1. The van der Waals surface area contributed by atoms with Gasteiger partial charge in [-0.3, -0.25) is 9.78 Å². The van der Waals surface area contributed by atoms with Crippen molar-refractivity contribution in [1.29, 1.82) is 0 Å². The topological polar surface area (TPSA) is 46.1 Å². The maximum atomic E-state index is 12.5. The zero-order chi connectivity index (χ0) is 13.2. The van der Waals surface area contributed by atoms with Crippen LogP contribution in [0.2, 0.25) is 0 Å². The van der Waals surface area contributed by atoms with Crippen molar-refractivity contribution in [3.05, 3.63) is 46.2 Å². The third-order valence-electron chi connectivity index (χ3n) is 3.17. The summed E-state index contributed by atoms with van der Waals surface area (Å²) in [7, 11) is 0. The highest BCUT2D eigenvalue weighted by Crippen LogP contribution is 2.29. The van der Waals surface area contributed by atoms with Gasteiger partial charge < -0.3 is 4.90 Å². The van der Waals surface area contributed by atoms with E-state index in [2.05, 4.69) is 9.97 Å². The van der Waals surface area contributed by atoms with Gasteiger partial charge in [0, 0.05) is 29.4 Å². The largest absolute Gasteiger partial charge is 0.330 e. The van der Waals surface area contributed by atoms with Crippen molar-refractivity contribution in [2.45, 2.75) is 32.4 Å². The molecule has 3 rings (SSSR count). The van der Waals surface area contributed by atoms with Gasteiger partial charge in [-0.05, 0) is 31.9 Å². The van der Waals surface area contributed by atoms with E-state index >= 15 is 0 Å². The Bertz CT molecular complexity index is 577. The fourth-order valence-corrected chi connectivity index (χ4v) is 2.67. The lowest BCUT2D eigenvalue weighted by molar-refractivity contribution is 0.0728. The van der Waals surface area contributed by atoms with Gasteiger partial charge in [-0.15, -0.1) is 11.3 Å². The predicted octanol–water partition coefficient (Wildman–Crippen LogP) is 2.65. The maximum Gasteiger partial charge on any atom is 0.254 e. The Balaban J connectivity index is 1.79. The van der Waals surface area contributed by atoms with Crippen LogP contribution in [-0.2, 0) is 6.54 Å². The van der Waals surface area contributed by atoms with Crippen molar-refractivity contribution >= 4 is 17.2 Å². The molecule has 2 heterocycles. The van der Waals surface area contributed by atoms with Crippen molar-refractivity contribution in [2.24, 2.45) is 0 Å². The minimum absolute atomic E-state index is 0.0792. The van der Waals surface area contributed by atoms with Crippen LogP contribution in [0.3, 0.4) is 0 Å². The van der Waals surface area contributed by atoms with Crippen LogP contribution in [-0.4, -0.2) is 26.8 Å². The first-order valence-corrected chi connectivity index (χ1v) is 7.24. The second-order valence-electron chi connectivity index (χ2n) is 4.76. The first-order valence-electron chi connectivity index (χ1n) is 6.36. The molecule has 19 heavy (non-hydrogen) atoms. The summed E-state index contributed by atoms with van der Waals surface area (Å²) in [5, 5.41) is 3.08. The minimum atomic E-state index is 0.0792. The Labute approximate surface area is 116 Å². The number of thiazole rings is 1. The van der Waals surface area contributed by atoms with Crippen LogP contribution in [0.4, 0.5) is 0 Å². The first-order chi connectivity index (χ1) is 9.24. The molecule has 0 atom stereocenters. The van der Waals surface area contributed by atoms with Crippen LogP contribution in [0.1, 0.15) is 33.9 Å². The van der Waals surface area contributed by atoms with Crippen LogP contribution >= 0.6 is 11.3 Å². The van der Waals surface area contributed by atoms with E-state index in [0.29, 0.717) is 18.2 Å². The summed E-state index contributed by atoms with van der Waals surface area (Å²) in [5.74, 6) is 0.0792. The van der Waals surface area contributed by atoms with Crippen molar-refractivity contribution in [3.8, 4) is 0 Å². The van der Waals surface area contributed by atoms with Gasteiger partial charge in [0.2, 0.25) is 0 Å². The molecule has 4 nitrogen and oxygen atoms in total. The molecule has 0 aromatic carbocycles. The van der Waals surface area contributed by atoms with Gasteiger partial charge in [-0.2, -0.15) is 0 Å². The van der Waals surface area contributed by atoms with Gasteiger partial charge in [-0.1, -0.05) is 0 Å². The standard InChI is InChI=1S/C14H15N3OS/c1-10-16-12(9-19-10)8-17(13-2-3-13)14(18)11-4-6-15-7-5-11/h4-7,9,13H,2-3,8H2,1H3. The molecule has 1 saturated carbocycles. The van der Waals surface area contributed by atoms with Crippen molar-refractivity contribution in [3.63, 3.8) is 0 Å². The molecule has 0 unspecified atom stereocenters.